The Morgan fingerprint density at radius 1 is 1.04 bits per heavy atom. The lowest BCUT2D eigenvalue weighted by Gasteiger charge is -2.39. The van der Waals surface area contributed by atoms with E-state index in [1.807, 2.05) is 4.90 Å². The average Bonchev–Trinajstić information content (AvgIpc) is 3.20. The van der Waals surface area contributed by atoms with Crippen LogP contribution in [-0.2, 0) is 20.7 Å². The van der Waals surface area contributed by atoms with Crippen LogP contribution in [0.2, 0.25) is 0 Å². The van der Waals surface area contributed by atoms with E-state index in [1.54, 1.807) is 0 Å². The fourth-order valence-corrected chi connectivity index (χ4v) is 4.47. The normalized spacial score (nSPS) is 26.2. The molecule has 2 heterocycles. The van der Waals surface area contributed by atoms with Gasteiger partial charge in [-0.15, -0.1) is 0 Å². The van der Waals surface area contributed by atoms with Crippen molar-refractivity contribution >= 4 is 5.91 Å². The second-order valence-electron chi connectivity index (χ2n) is 7.41. The molecule has 1 atom stereocenters. The zero-order valence-electron chi connectivity index (χ0n) is 14.5. The molecule has 26 heavy (non-hydrogen) atoms. The fourth-order valence-electron chi connectivity index (χ4n) is 4.47. The molecule has 1 aliphatic carbocycles. The Morgan fingerprint density at radius 2 is 1.65 bits per heavy atom. The number of hydrogen-bond donors (Lipinski definition) is 0. The molecule has 2 saturated heterocycles. The largest absolute Gasteiger partial charge is 0.348 e. The van der Waals surface area contributed by atoms with Crippen LogP contribution >= 0.6 is 0 Å². The molecule has 0 aromatic heterocycles. The molecule has 0 radical (unpaired) electrons. The molecule has 0 bridgehead atoms. The molecule has 1 saturated carbocycles. The summed E-state index contributed by atoms with van der Waals surface area (Å²) in [7, 11) is 0. The number of carbonyl (C=O) groups excluding carboxylic acids is 1. The van der Waals surface area contributed by atoms with Gasteiger partial charge in [-0.2, -0.15) is 0 Å². The van der Waals surface area contributed by atoms with Crippen LogP contribution in [0.25, 0.3) is 0 Å². The van der Waals surface area contributed by atoms with Crippen LogP contribution < -0.4 is 0 Å². The molecular weight excluding hydrogens is 347 g/mol. The second-order valence-corrected chi connectivity index (χ2v) is 7.41. The SMILES string of the molecule is O=C1C(Cc2c(F)cc(F)cc2F)CCN1C1CCC2(CC1)OCCO2. The van der Waals surface area contributed by atoms with Gasteiger partial charge in [-0.1, -0.05) is 0 Å². The Labute approximate surface area is 150 Å². The first-order chi connectivity index (χ1) is 12.5. The van der Waals surface area contributed by atoms with Crippen molar-refractivity contribution in [1.82, 2.24) is 4.90 Å². The minimum absolute atomic E-state index is 0.0316. The summed E-state index contributed by atoms with van der Waals surface area (Å²) >= 11 is 0. The maximum Gasteiger partial charge on any atom is 0.226 e. The van der Waals surface area contributed by atoms with E-state index in [0.29, 0.717) is 38.3 Å². The quantitative estimate of drug-likeness (QED) is 0.822. The van der Waals surface area contributed by atoms with E-state index in [1.165, 1.54) is 0 Å². The Morgan fingerprint density at radius 3 is 2.27 bits per heavy atom. The molecule has 142 valence electrons. The fraction of sp³-hybridized carbons (Fsp3) is 0.632. The molecule has 3 aliphatic rings. The number of ether oxygens (including phenoxy) is 2. The van der Waals surface area contributed by atoms with Gasteiger partial charge in [0.15, 0.2) is 5.79 Å². The highest BCUT2D eigenvalue weighted by molar-refractivity contribution is 5.81. The number of halogens is 3. The van der Waals surface area contributed by atoms with Crippen molar-refractivity contribution in [2.75, 3.05) is 19.8 Å². The van der Waals surface area contributed by atoms with Crippen LogP contribution in [0.3, 0.4) is 0 Å². The lowest BCUT2D eigenvalue weighted by Crippen LogP contribution is -2.45. The van der Waals surface area contributed by atoms with E-state index in [4.69, 9.17) is 9.47 Å². The highest BCUT2D eigenvalue weighted by Gasteiger charge is 2.44. The van der Waals surface area contributed by atoms with Crippen LogP contribution in [-0.4, -0.2) is 42.4 Å². The number of likely N-dealkylation sites (tertiary alicyclic amines) is 1. The maximum absolute atomic E-state index is 13.9. The molecule has 4 rings (SSSR count). The van der Waals surface area contributed by atoms with Gasteiger partial charge < -0.3 is 14.4 Å². The van der Waals surface area contributed by atoms with E-state index in [2.05, 4.69) is 0 Å². The third-order valence-corrected chi connectivity index (χ3v) is 5.88. The number of rotatable bonds is 3. The highest BCUT2D eigenvalue weighted by Crippen LogP contribution is 2.39. The summed E-state index contributed by atoms with van der Waals surface area (Å²) in [5.41, 5.74) is -0.207. The predicted molar refractivity (Wildman–Crippen MR) is 86.7 cm³/mol. The van der Waals surface area contributed by atoms with Crippen molar-refractivity contribution < 1.29 is 27.4 Å². The van der Waals surface area contributed by atoms with Gasteiger partial charge in [0.25, 0.3) is 0 Å². The second kappa shape index (κ2) is 6.85. The number of amides is 1. The van der Waals surface area contributed by atoms with Gasteiger partial charge in [-0.05, 0) is 25.7 Å². The van der Waals surface area contributed by atoms with Crippen LogP contribution in [0, 0.1) is 23.4 Å². The van der Waals surface area contributed by atoms with E-state index in [9.17, 15) is 18.0 Å². The number of benzene rings is 1. The van der Waals surface area contributed by atoms with E-state index in [-0.39, 0.29) is 23.9 Å². The molecule has 1 spiro atoms. The topological polar surface area (TPSA) is 38.8 Å². The number of nitrogens with zero attached hydrogens (tertiary/aromatic N) is 1. The summed E-state index contributed by atoms with van der Waals surface area (Å²) in [6, 6.07) is 1.45. The Kier molecular flexibility index (Phi) is 4.69. The average molecular weight is 369 g/mol. The van der Waals surface area contributed by atoms with Crippen LogP contribution in [0.15, 0.2) is 12.1 Å². The Bertz CT molecular complexity index is 672. The van der Waals surface area contributed by atoms with Gasteiger partial charge in [-0.3, -0.25) is 4.79 Å². The minimum atomic E-state index is -0.949. The molecule has 2 aliphatic heterocycles. The summed E-state index contributed by atoms with van der Waals surface area (Å²) < 4.78 is 52.2. The summed E-state index contributed by atoms with van der Waals surface area (Å²) in [6.45, 7) is 1.82. The minimum Gasteiger partial charge on any atom is -0.348 e. The van der Waals surface area contributed by atoms with Gasteiger partial charge >= 0.3 is 0 Å². The summed E-state index contributed by atoms with van der Waals surface area (Å²) in [6.07, 6.45) is 3.65. The first-order valence-electron chi connectivity index (χ1n) is 9.19. The van der Waals surface area contributed by atoms with E-state index < -0.39 is 29.2 Å². The van der Waals surface area contributed by atoms with Gasteiger partial charge in [0.1, 0.15) is 17.5 Å². The predicted octanol–water partition coefficient (Wildman–Crippen LogP) is 3.18. The molecule has 0 N–H and O–H groups in total. The summed E-state index contributed by atoms with van der Waals surface area (Å²) in [5, 5.41) is 0. The maximum atomic E-state index is 13.9. The van der Waals surface area contributed by atoms with Crippen molar-refractivity contribution in [3.8, 4) is 0 Å². The molecule has 7 heteroatoms. The van der Waals surface area contributed by atoms with Crippen LogP contribution in [0.1, 0.15) is 37.7 Å². The van der Waals surface area contributed by atoms with E-state index in [0.717, 1.165) is 25.7 Å². The summed E-state index contributed by atoms with van der Waals surface area (Å²) in [5.74, 6) is -3.80. The lowest BCUT2D eigenvalue weighted by molar-refractivity contribution is -0.184. The van der Waals surface area contributed by atoms with Gasteiger partial charge in [0.2, 0.25) is 5.91 Å². The molecule has 3 fully saturated rings. The standard InChI is InChI=1S/C19H22F3NO3/c20-13-10-16(21)15(17(22)11-13)9-12-3-6-23(18(12)24)14-1-4-19(5-2-14)25-7-8-26-19/h10-12,14H,1-9H2. The zero-order chi connectivity index (χ0) is 18.3. The Balaban J connectivity index is 1.39. The molecule has 1 aromatic rings. The zero-order valence-corrected chi connectivity index (χ0v) is 14.5. The van der Waals surface area contributed by atoms with Crippen LogP contribution in [0.4, 0.5) is 13.2 Å². The lowest BCUT2D eigenvalue weighted by atomic mass is 9.89. The van der Waals surface area contributed by atoms with Crippen LogP contribution in [0.5, 0.6) is 0 Å². The molecule has 1 amide bonds. The monoisotopic (exact) mass is 369 g/mol. The van der Waals surface area contributed by atoms with E-state index >= 15 is 0 Å². The highest BCUT2D eigenvalue weighted by atomic mass is 19.1. The van der Waals surface area contributed by atoms with Crippen molar-refractivity contribution in [1.29, 1.82) is 0 Å². The third-order valence-electron chi connectivity index (χ3n) is 5.88. The number of carbonyl (C=O) groups is 1. The van der Waals surface area contributed by atoms with Crippen molar-refractivity contribution in [2.45, 2.75) is 50.4 Å². The summed E-state index contributed by atoms with van der Waals surface area (Å²) in [4.78, 5) is 14.6. The van der Waals surface area contributed by atoms with Gasteiger partial charge in [-0.25, -0.2) is 13.2 Å². The molecule has 1 aromatic carbocycles. The van der Waals surface area contributed by atoms with Gasteiger partial charge in [0, 0.05) is 49.0 Å². The smallest absolute Gasteiger partial charge is 0.226 e. The molecular formula is C19H22F3NO3. The Hall–Kier alpha value is -1.60. The van der Waals surface area contributed by atoms with Crippen molar-refractivity contribution in [3.05, 3.63) is 35.1 Å². The molecule has 1 unspecified atom stereocenters. The van der Waals surface area contributed by atoms with Gasteiger partial charge in [0.05, 0.1) is 13.2 Å². The first-order valence-corrected chi connectivity index (χ1v) is 9.19. The molecule has 4 nitrogen and oxygen atoms in total. The number of hydrogen-bond acceptors (Lipinski definition) is 3. The first kappa shape index (κ1) is 17.8. The van der Waals surface area contributed by atoms with Crippen molar-refractivity contribution in [2.24, 2.45) is 5.92 Å². The van der Waals surface area contributed by atoms with Crippen molar-refractivity contribution in [3.63, 3.8) is 0 Å². The third kappa shape index (κ3) is 3.22.